The molecule has 0 radical (unpaired) electrons. The second kappa shape index (κ2) is 3.34. The molecule has 3 nitrogen and oxygen atoms in total. The van der Waals surface area contributed by atoms with E-state index in [0.29, 0.717) is 5.52 Å². The minimum absolute atomic E-state index is 0.143. The fraction of sp³-hybridized carbons (Fsp3) is 0.125. The van der Waals surface area contributed by atoms with E-state index in [-0.39, 0.29) is 22.2 Å². The summed E-state index contributed by atoms with van der Waals surface area (Å²) in [6.07, 6.45) is 1.31. The van der Waals surface area contributed by atoms with Gasteiger partial charge in [0.05, 0.1) is 16.7 Å². The first-order valence-corrected chi connectivity index (χ1v) is 4.70. The van der Waals surface area contributed by atoms with Gasteiger partial charge in [-0.2, -0.15) is 13.2 Å². The first kappa shape index (κ1) is 10.2. The van der Waals surface area contributed by atoms with Crippen molar-refractivity contribution in [2.24, 2.45) is 0 Å². The Bertz CT molecular complexity index is 494. The van der Waals surface area contributed by atoms with Crippen LogP contribution in [0.5, 0.6) is 5.75 Å². The van der Waals surface area contributed by atoms with Crippen molar-refractivity contribution in [2.75, 3.05) is 0 Å². The number of hydrogen-bond acceptors (Lipinski definition) is 3. The molecule has 0 fully saturated rings. The summed E-state index contributed by atoms with van der Waals surface area (Å²) in [5.41, 5.74) is -3.77. The van der Waals surface area contributed by atoms with E-state index in [9.17, 15) is 18.3 Å². The number of nitrogens with one attached hydrogen (secondary N) is 1. The van der Waals surface area contributed by atoms with Crippen molar-refractivity contribution in [3.63, 3.8) is 0 Å². The van der Waals surface area contributed by atoms with Crippen LogP contribution in [0.1, 0.15) is 0 Å². The van der Waals surface area contributed by atoms with Gasteiger partial charge >= 0.3 is 5.51 Å². The summed E-state index contributed by atoms with van der Waals surface area (Å²) in [5.74, 6) is -0.448. The first-order valence-electron chi connectivity index (χ1n) is 3.88. The van der Waals surface area contributed by atoms with Gasteiger partial charge in [-0.15, -0.1) is 0 Å². The second-order valence-corrected chi connectivity index (χ2v) is 3.87. The Kier molecular flexibility index (Phi) is 2.26. The average molecular weight is 234 g/mol. The van der Waals surface area contributed by atoms with E-state index in [0.717, 1.165) is 0 Å². The van der Waals surface area contributed by atoms with E-state index in [1.807, 2.05) is 0 Å². The van der Waals surface area contributed by atoms with E-state index in [2.05, 4.69) is 9.97 Å². The minimum atomic E-state index is -4.42. The van der Waals surface area contributed by atoms with Crippen molar-refractivity contribution in [1.29, 1.82) is 0 Å². The molecule has 0 aliphatic carbocycles. The van der Waals surface area contributed by atoms with Crippen LogP contribution < -0.4 is 0 Å². The topological polar surface area (TPSA) is 48.9 Å². The summed E-state index contributed by atoms with van der Waals surface area (Å²) in [6, 6.07) is 2.64. The third kappa shape index (κ3) is 2.01. The molecule has 0 aliphatic rings. The van der Waals surface area contributed by atoms with Crippen LogP contribution in [-0.2, 0) is 0 Å². The van der Waals surface area contributed by atoms with Gasteiger partial charge in [0.15, 0.2) is 5.75 Å². The van der Waals surface area contributed by atoms with Crippen LogP contribution in [0.2, 0.25) is 0 Å². The van der Waals surface area contributed by atoms with Gasteiger partial charge < -0.3 is 10.1 Å². The lowest BCUT2D eigenvalue weighted by Crippen LogP contribution is -1.99. The molecule has 0 saturated heterocycles. The molecule has 1 heterocycles. The Morgan fingerprint density at radius 1 is 1.33 bits per heavy atom. The highest BCUT2D eigenvalue weighted by Gasteiger charge is 2.31. The number of rotatable bonds is 1. The molecule has 0 bridgehead atoms. The number of phenols is 1. The highest BCUT2D eigenvalue weighted by Crippen LogP contribution is 2.42. The monoisotopic (exact) mass is 234 g/mol. The molecule has 0 saturated carbocycles. The maximum Gasteiger partial charge on any atom is 0.446 e. The number of hydrogen-bond donors (Lipinski definition) is 2. The molecular weight excluding hydrogens is 229 g/mol. The molecular formula is C8H5F3N2OS. The molecule has 1 aromatic carbocycles. The van der Waals surface area contributed by atoms with E-state index >= 15 is 0 Å². The van der Waals surface area contributed by atoms with Crippen molar-refractivity contribution in [3.8, 4) is 5.75 Å². The Balaban J connectivity index is 2.48. The number of benzene rings is 1. The summed E-state index contributed by atoms with van der Waals surface area (Å²) in [6.45, 7) is 0. The summed E-state index contributed by atoms with van der Waals surface area (Å²) >= 11 is -0.358. The number of halogens is 3. The third-order valence-electron chi connectivity index (χ3n) is 1.75. The van der Waals surface area contributed by atoms with Crippen LogP contribution in [0.4, 0.5) is 13.2 Å². The molecule has 0 aliphatic heterocycles. The highest BCUT2D eigenvalue weighted by molar-refractivity contribution is 8.00. The van der Waals surface area contributed by atoms with Gasteiger partial charge in [0.2, 0.25) is 0 Å². The Morgan fingerprint density at radius 2 is 2.07 bits per heavy atom. The number of aromatic nitrogens is 2. The Morgan fingerprint density at radius 3 is 2.73 bits per heavy atom. The fourth-order valence-corrected chi connectivity index (χ4v) is 1.76. The summed E-state index contributed by atoms with van der Waals surface area (Å²) in [7, 11) is 0. The summed E-state index contributed by atoms with van der Waals surface area (Å²) in [4.78, 5) is 6.16. The number of H-pyrrole nitrogens is 1. The fourth-order valence-electron chi connectivity index (χ4n) is 1.18. The lowest BCUT2D eigenvalue weighted by molar-refractivity contribution is -0.0328. The Labute approximate surface area is 86.3 Å². The molecule has 0 unspecified atom stereocenters. The van der Waals surface area contributed by atoms with E-state index in [1.54, 1.807) is 0 Å². The van der Waals surface area contributed by atoms with Crippen LogP contribution >= 0.6 is 11.8 Å². The van der Waals surface area contributed by atoms with Gasteiger partial charge in [-0.3, -0.25) is 0 Å². The molecule has 0 spiro atoms. The van der Waals surface area contributed by atoms with Gasteiger partial charge in [-0.05, 0) is 23.9 Å². The lowest BCUT2D eigenvalue weighted by Gasteiger charge is -2.07. The van der Waals surface area contributed by atoms with Crippen LogP contribution in [-0.4, -0.2) is 20.6 Å². The first-order chi connectivity index (χ1) is 6.97. The Hall–Kier alpha value is -1.37. The summed E-state index contributed by atoms with van der Waals surface area (Å²) < 4.78 is 36.2. The normalized spacial score (nSPS) is 12.2. The van der Waals surface area contributed by atoms with Crippen LogP contribution in [0.15, 0.2) is 23.4 Å². The molecule has 7 heteroatoms. The van der Waals surface area contributed by atoms with Crippen molar-refractivity contribution in [3.05, 3.63) is 18.5 Å². The molecule has 2 aromatic rings. The number of nitrogens with zero attached hydrogens (tertiary/aromatic N) is 1. The SMILES string of the molecule is Oc1c(SC(F)(F)F)ccc2[nH]cnc12. The predicted octanol–water partition coefficient (Wildman–Crippen LogP) is 2.88. The quantitative estimate of drug-likeness (QED) is 0.746. The van der Waals surface area contributed by atoms with Gasteiger partial charge in [-0.25, -0.2) is 4.98 Å². The number of aromatic hydroxyl groups is 1. The van der Waals surface area contributed by atoms with E-state index < -0.39 is 11.3 Å². The number of thioether (sulfide) groups is 1. The zero-order valence-electron chi connectivity index (χ0n) is 7.17. The number of aromatic amines is 1. The van der Waals surface area contributed by atoms with Crippen LogP contribution in [0, 0.1) is 0 Å². The standard InChI is InChI=1S/C8H5F3N2OS/c9-8(10,11)15-5-2-1-4-6(7(5)14)13-3-12-4/h1-3,14H,(H,12,13). The third-order valence-corrected chi connectivity index (χ3v) is 2.53. The molecule has 0 atom stereocenters. The second-order valence-electron chi connectivity index (χ2n) is 2.76. The molecule has 80 valence electrons. The predicted molar refractivity (Wildman–Crippen MR) is 49.7 cm³/mol. The molecule has 0 amide bonds. The molecule has 2 N–H and O–H groups in total. The van der Waals surface area contributed by atoms with Crippen LogP contribution in [0.25, 0.3) is 11.0 Å². The number of phenolic OH excluding ortho intramolecular Hbond substituents is 1. The maximum absolute atomic E-state index is 12.1. The maximum atomic E-state index is 12.1. The lowest BCUT2D eigenvalue weighted by atomic mass is 10.3. The number of fused-ring (bicyclic) bond motifs is 1. The molecule has 1 aromatic heterocycles. The van der Waals surface area contributed by atoms with Gasteiger partial charge in [-0.1, -0.05) is 0 Å². The zero-order valence-corrected chi connectivity index (χ0v) is 7.99. The van der Waals surface area contributed by atoms with Crippen molar-refractivity contribution < 1.29 is 18.3 Å². The average Bonchev–Trinajstić information content (AvgIpc) is 2.56. The highest BCUT2D eigenvalue weighted by atomic mass is 32.2. The summed E-state index contributed by atoms with van der Waals surface area (Å²) in [5, 5.41) is 9.50. The largest absolute Gasteiger partial charge is 0.504 e. The smallest absolute Gasteiger partial charge is 0.446 e. The minimum Gasteiger partial charge on any atom is -0.504 e. The van der Waals surface area contributed by atoms with Crippen molar-refractivity contribution in [2.45, 2.75) is 10.4 Å². The van der Waals surface area contributed by atoms with Crippen molar-refractivity contribution in [1.82, 2.24) is 9.97 Å². The molecule has 2 rings (SSSR count). The number of alkyl halides is 3. The van der Waals surface area contributed by atoms with Gasteiger partial charge in [0.25, 0.3) is 0 Å². The van der Waals surface area contributed by atoms with E-state index in [4.69, 9.17) is 0 Å². The van der Waals surface area contributed by atoms with E-state index in [1.165, 1.54) is 18.5 Å². The number of imidazole rings is 1. The van der Waals surface area contributed by atoms with Gasteiger partial charge in [0.1, 0.15) is 5.52 Å². The molecule has 15 heavy (non-hydrogen) atoms. The zero-order chi connectivity index (χ0) is 11.1. The van der Waals surface area contributed by atoms with Crippen molar-refractivity contribution >= 4 is 22.8 Å². The van der Waals surface area contributed by atoms with Gasteiger partial charge in [0, 0.05) is 0 Å². The van der Waals surface area contributed by atoms with Crippen LogP contribution in [0.3, 0.4) is 0 Å².